The van der Waals surface area contributed by atoms with Crippen molar-refractivity contribution in [2.75, 3.05) is 7.05 Å². The predicted octanol–water partition coefficient (Wildman–Crippen LogP) is 0.228. The van der Waals surface area contributed by atoms with E-state index >= 15 is 0 Å². The Morgan fingerprint density at radius 2 is 2.27 bits per heavy atom. The monoisotopic (exact) mass is 209 g/mol. The molecule has 6 heteroatoms. The predicted molar refractivity (Wildman–Crippen MR) is 58.4 cm³/mol. The zero-order valence-electron chi connectivity index (χ0n) is 8.82. The summed E-state index contributed by atoms with van der Waals surface area (Å²) in [5.74, 6) is 0.902. The van der Waals surface area contributed by atoms with Crippen LogP contribution in [0.15, 0.2) is 21.7 Å². The van der Waals surface area contributed by atoms with Gasteiger partial charge in [0.15, 0.2) is 11.9 Å². The lowest BCUT2D eigenvalue weighted by Gasteiger charge is -2.14. The molecule has 0 saturated carbocycles. The maximum atomic E-state index is 7.14. The van der Waals surface area contributed by atoms with E-state index in [1.807, 2.05) is 13.0 Å². The first-order valence-electron chi connectivity index (χ1n) is 4.42. The van der Waals surface area contributed by atoms with Crippen LogP contribution in [0.5, 0.6) is 0 Å². The molecule has 0 amide bonds. The highest BCUT2D eigenvalue weighted by atomic mass is 16.3. The third-order valence-electron chi connectivity index (χ3n) is 1.91. The topological polar surface area (TPSA) is 105 Å². The molecule has 0 spiro atoms. The molecular formula is C9H15N5O. The van der Waals surface area contributed by atoms with Crippen molar-refractivity contribution in [1.82, 2.24) is 4.90 Å². The quantitative estimate of drug-likeness (QED) is 0.479. The molecule has 15 heavy (non-hydrogen) atoms. The molecule has 1 aromatic heterocycles. The number of guanidine groups is 2. The lowest BCUT2D eigenvalue weighted by molar-refractivity contribution is 0.532. The maximum absolute atomic E-state index is 7.14. The minimum atomic E-state index is -0.139. The molecule has 1 aromatic rings. The van der Waals surface area contributed by atoms with Gasteiger partial charge < -0.3 is 15.9 Å². The largest absolute Gasteiger partial charge is 0.469 e. The number of nitrogens with zero attached hydrogens (tertiary/aromatic N) is 2. The average Bonchev–Trinajstić information content (AvgIpc) is 2.59. The highest BCUT2D eigenvalue weighted by molar-refractivity contribution is 5.95. The molecule has 82 valence electrons. The first-order valence-corrected chi connectivity index (χ1v) is 4.42. The number of nitrogens with two attached hydrogens (primary N) is 2. The molecule has 0 unspecified atom stereocenters. The molecule has 0 aliphatic rings. The van der Waals surface area contributed by atoms with Gasteiger partial charge in [-0.15, -0.1) is 0 Å². The summed E-state index contributed by atoms with van der Waals surface area (Å²) in [6, 6.07) is 1.88. The van der Waals surface area contributed by atoms with Crippen molar-refractivity contribution >= 4 is 11.9 Å². The van der Waals surface area contributed by atoms with Crippen LogP contribution in [-0.4, -0.2) is 23.9 Å². The fourth-order valence-corrected chi connectivity index (χ4v) is 0.982. The second kappa shape index (κ2) is 4.50. The molecule has 1 rings (SSSR count). The van der Waals surface area contributed by atoms with E-state index in [9.17, 15) is 0 Å². The lowest BCUT2D eigenvalue weighted by Crippen LogP contribution is -2.42. The number of hydrogen-bond donors (Lipinski definition) is 3. The highest BCUT2D eigenvalue weighted by Gasteiger charge is 2.04. The van der Waals surface area contributed by atoms with Gasteiger partial charge in [-0.3, -0.25) is 10.3 Å². The first kappa shape index (κ1) is 11.1. The van der Waals surface area contributed by atoms with Crippen molar-refractivity contribution in [2.24, 2.45) is 16.5 Å². The van der Waals surface area contributed by atoms with Gasteiger partial charge in [0.2, 0.25) is 0 Å². The van der Waals surface area contributed by atoms with Crippen LogP contribution >= 0.6 is 0 Å². The van der Waals surface area contributed by atoms with E-state index in [1.54, 1.807) is 13.3 Å². The molecule has 6 nitrogen and oxygen atoms in total. The van der Waals surface area contributed by atoms with Crippen LogP contribution in [0.3, 0.4) is 0 Å². The molecule has 5 N–H and O–H groups in total. The summed E-state index contributed by atoms with van der Waals surface area (Å²) in [7, 11) is 1.59. The third kappa shape index (κ3) is 3.01. The van der Waals surface area contributed by atoms with Crippen LogP contribution in [0.2, 0.25) is 0 Å². The van der Waals surface area contributed by atoms with Crippen molar-refractivity contribution in [1.29, 1.82) is 5.41 Å². The molecular weight excluding hydrogens is 194 g/mol. The zero-order chi connectivity index (χ0) is 11.4. The van der Waals surface area contributed by atoms with Crippen molar-refractivity contribution in [2.45, 2.75) is 13.5 Å². The van der Waals surface area contributed by atoms with E-state index in [-0.39, 0.29) is 11.9 Å². The van der Waals surface area contributed by atoms with Gasteiger partial charge in [-0.2, -0.15) is 0 Å². The van der Waals surface area contributed by atoms with Crippen LogP contribution in [0, 0.1) is 12.3 Å². The van der Waals surface area contributed by atoms with Gasteiger partial charge in [0.1, 0.15) is 5.76 Å². The van der Waals surface area contributed by atoms with E-state index in [4.69, 9.17) is 21.3 Å². The Balaban J connectivity index is 2.61. The minimum Gasteiger partial charge on any atom is -0.469 e. The molecule has 0 radical (unpaired) electrons. The van der Waals surface area contributed by atoms with E-state index in [2.05, 4.69) is 4.99 Å². The Morgan fingerprint density at radius 3 is 2.73 bits per heavy atom. The van der Waals surface area contributed by atoms with Gasteiger partial charge in [0, 0.05) is 12.6 Å². The lowest BCUT2D eigenvalue weighted by atomic mass is 10.3. The number of aryl methyl sites for hydroxylation is 1. The Hall–Kier alpha value is -1.98. The van der Waals surface area contributed by atoms with Crippen LogP contribution in [-0.2, 0) is 6.54 Å². The Bertz CT molecular complexity index is 382. The molecule has 0 atom stereocenters. The zero-order valence-corrected chi connectivity index (χ0v) is 8.82. The summed E-state index contributed by atoms with van der Waals surface area (Å²) in [5.41, 5.74) is 11.8. The maximum Gasteiger partial charge on any atom is 0.198 e. The number of hydrogen-bond acceptors (Lipinski definition) is 3. The molecule has 1 heterocycles. The smallest absolute Gasteiger partial charge is 0.198 e. The number of aliphatic imine (C=N–C) groups is 1. The van der Waals surface area contributed by atoms with Crippen molar-refractivity contribution in [3.63, 3.8) is 0 Å². The highest BCUT2D eigenvalue weighted by Crippen LogP contribution is 2.07. The molecule has 0 aromatic carbocycles. The summed E-state index contributed by atoms with van der Waals surface area (Å²) in [6.07, 6.45) is 1.62. The number of nitrogens with one attached hydrogen (secondary N) is 1. The fraction of sp³-hybridized carbons (Fsp3) is 0.333. The van der Waals surface area contributed by atoms with Crippen LogP contribution in [0.25, 0.3) is 0 Å². The molecule has 0 saturated heterocycles. The third-order valence-corrected chi connectivity index (χ3v) is 1.91. The average molecular weight is 209 g/mol. The van der Waals surface area contributed by atoms with E-state index < -0.39 is 0 Å². The Labute approximate surface area is 88.1 Å². The van der Waals surface area contributed by atoms with Crippen molar-refractivity contribution in [3.8, 4) is 0 Å². The standard InChI is InChI=1S/C9H15N5O/c1-6-3-7(5-15-6)4-13-9(12)14(2)8(10)11/h3,5H,4H2,1-2H3,(H3,10,11)(H2,12,13). The van der Waals surface area contributed by atoms with Gasteiger partial charge in [0.25, 0.3) is 0 Å². The van der Waals surface area contributed by atoms with E-state index in [0.717, 1.165) is 11.3 Å². The summed E-state index contributed by atoms with van der Waals surface area (Å²) in [6.45, 7) is 2.28. The Morgan fingerprint density at radius 1 is 1.60 bits per heavy atom. The minimum absolute atomic E-state index is 0.139. The van der Waals surface area contributed by atoms with Gasteiger partial charge in [-0.05, 0) is 13.0 Å². The second-order valence-electron chi connectivity index (χ2n) is 3.18. The molecule has 0 fully saturated rings. The van der Waals surface area contributed by atoms with Crippen LogP contribution < -0.4 is 11.5 Å². The summed E-state index contributed by atoms with van der Waals surface area (Å²) < 4.78 is 5.11. The second-order valence-corrected chi connectivity index (χ2v) is 3.18. The summed E-state index contributed by atoms with van der Waals surface area (Å²) in [5, 5.41) is 7.14. The van der Waals surface area contributed by atoms with Crippen LogP contribution in [0.4, 0.5) is 0 Å². The summed E-state index contributed by atoms with van der Waals surface area (Å²) >= 11 is 0. The van der Waals surface area contributed by atoms with E-state index in [0.29, 0.717) is 6.54 Å². The summed E-state index contributed by atoms with van der Waals surface area (Å²) in [4.78, 5) is 5.37. The van der Waals surface area contributed by atoms with Crippen molar-refractivity contribution < 1.29 is 4.42 Å². The van der Waals surface area contributed by atoms with Crippen LogP contribution in [0.1, 0.15) is 11.3 Å². The molecule has 0 aliphatic heterocycles. The molecule has 0 bridgehead atoms. The van der Waals surface area contributed by atoms with E-state index in [1.165, 1.54) is 4.90 Å². The fourth-order valence-electron chi connectivity index (χ4n) is 0.982. The number of rotatable bonds is 2. The number of furan rings is 1. The van der Waals surface area contributed by atoms with Gasteiger partial charge >= 0.3 is 0 Å². The van der Waals surface area contributed by atoms with Gasteiger partial charge in [-0.25, -0.2) is 4.99 Å². The SMILES string of the molecule is Cc1cc(CN=C(N)N(C)C(=N)N)co1. The normalized spacial score (nSPS) is 11.5. The van der Waals surface area contributed by atoms with Gasteiger partial charge in [-0.1, -0.05) is 0 Å². The van der Waals surface area contributed by atoms with Crippen molar-refractivity contribution in [3.05, 3.63) is 23.7 Å². The Kier molecular flexibility index (Phi) is 3.33. The van der Waals surface area contributed by atoms with Gasteiger partial charge in [0.05, 0.1) is 12.8 Å². The molecule has 0 aliphatic carbocycles. The first-order chi connectivity index (χ1) is 7.00.